The van der Waals surface area contributed by atoms with Crippen LogP contribution in [0.2, 0.25) is 0 Å². The third kappa shape index (κ3) is 4.97. The lowest BCUT2D eigenvalue weighted by atomic mass is 10.1. The highest BCUT2D eigenvalue weighted by Gasteiger charge is 2.19. The van der Waals surface area contributed by atoms with Crippen molar-refractivity contribution in [3.05, 3.63) is 65.5 Å². The molecule has 0 spiro atoms. The third-order valence-corrected chi connectivity index (χ3v) is 5.52. The predicted molar refractivity (Wildman–Crippen MR) is 113 cm³/mol. The van der Waals surface area contributed by atoms with Gasteiger partial charge in [0.15, 0.2) is 5.16 Å². The molecule has 31 heavy (non-hydrogen) atoms. The Balaban J connectivity index is 1.36. The Hall–Kier alpha value is -3.53. The van der Waals surface area contributed by atoms with Crippen molar-refractivity contribution in [2.75, 3.05) is 5.75 Å². The molecule has 0 aliphatic rings. The van der Waals surface area contributed by atoms with Crippen molar-refractivity contribution in [2.24, 2.45) is 7.05 Å². The fourth-order valence-electron chi connectivity index (χ4n) is 2.75. The van der Waals surface area contributed by atoms with E-state index in [0.717, 1.165) is 5.56 Å². The Kier molecular flexibility index (Phi) is 6.08. The van der Waals surface area contributed by atoms with Crippen molar-refractivity contribution in [3.63, 3.8) is 0 Å². The smallest absolute Gasteiger partial charge is 0.296 e. The maximum Gasteiger partial charge on any atom is 0.296 e. The summed E-state index contributed by atoms with van der Waals surface area (Å²) in [7, 11) is 1.75. The van der Waals surface area contributed by atoms with Crippen molar-refractivity contribution in [1.29, 1.82) is 0 Å². The molecule has 10 heteroatoms. The van der Waals surface area contributed by atoms with Crippen LogP contribution in [0.4, 0.5) is 4.39 Å². The summed E-state index contributed by atoms with van der Waals surface area (Å²) in [6, 6.07) is 13.8. The van der Waals surface area contributed by atoms with Crippen molar-refractivity contribution >= 4 is 17.7 Å². The molecule has 2 aromatic carbocycles. The number of carbonyl (C=O) groups excluding carboxylic acids is 1. The molecule has 4 aromatic rings. The van der Waals surface area contributed by atoms with Crippen LogP contribution in [0.1, 0.15) is 11.1 Å². The lowest BCUT2D eigenvalue weighted by Crippen LogP contribution is -2.24. The van der Waals surface area contributed by atoms with E-state index in [9.17, 15) is 9.18 Å². The highest BCUT2D eigenvalue weighted by molar-refractivity contribution is 7.99. The summed E-state index contributed by atoms with van der Waals surface area (Å²) in [5.74, 6) is 0.635. The van der Waals surface area contributed by atoms with Crippen molar-refractivity contribution in [3.8, 4) is 23.1 Å². The van der Waals surface area contributed by atoms with E-state index >= 15 is 0 Å². The number of aromatic nitrogens is 5. The maximum absolute atomic E-state index is 13.1. The molecular formula is C21H19FN6O2S. The van der Waals surface area contributed by atoms with Crippen LogP contribution in [0.3, 0.4) is 0 Å². The lowest BCUT2D eigenvalue weighted by molar-refractivity contribution is -0.118. The summed E-state index contributed by atoms with van der Waals surface area (Å²) in [6.07, 6.45) is 0. The average Bonchev–Trinajstić information content (AvgIpc) is 3.39. The monoisotopic (exact) mass is 438 g/mol. The fourth-order valence-corrected chi connectivity index (χ4v) is 3.49. The van der Waals surface area contributed by atoms with Gasteiger partial charge in [-0.1, -0.05) is 46.7 Å². The predicted octanol–water partition coefficient (Wildman–Crippen LogP) is 3.39. The van der Waals surface area contributed by atoms with E-state index in [1.165, 1.54) is 29.5 Å². The molecule has 0 saturated carbocycles. The lowest BCUT2D eigenvalue weighted by Gasteiger charge is -2.05. The Labute approximate surface area is 181 Å². The van der Waals surface area contributed by atoms with E-state index in [1.54, 1.807) is 23.7 Å². The normalized spacial score (nSPS) is 10.9. The third-order valence-electron chi connectivity index (χ3n) is 4.50. The van der Waals surface area contributed by atoms with E-state index in [0.29, 0.717) is 28.9 Å². The summed E-state index contributed by atoms with van der Waals surface area (Å²) in [6.45, 7) is 2.49. The summed E-state index contributed by atoms with van der Waals surface area (Å²) in [4.78, 5) is 16.5. The van der Waals surface area contributed by atoms with Gasteiger partial charge in [0.1, 0.15) is 5.82 Å². The molecule has 0 bridgehead atoms. The van der Waals surface area contributed by atoms with Gasteiger partial charge in [-0.15, -0.1) is 10.2 Å². The fraction of sp³-hybridized carbons (Fsp3) is 0.190. The molecule has 0 unspecified atom stereocenters. The number of halogens is 1. The zero-order chi connectivity index (χ0) is 21.8. The van der Waals surface area contributed by atoms with Crippen molar-refractivity contribution < 1.29 is 13.7 Å². The molecule has 1 N–H and O–H groups in total. The minimum Gasteiger partial charge on any atom is -0.351 e. The number of amides is 1. The van der Waals surface area contributed by atoms with Gasteiger partial charge in [0.25, 0.3) is 5.89 Å². The molecule has 0 radical (unpaired) electrons. The number of thioether (sulfide) groups is 1. The summed E-state index contributed by atoms with van der Waals surface area (Å²) >= 11 is 1.26. The summed E-state index contributed by atoms with van der Waals surface area (Å²) in [5.41, 5.74) is 2.84. The SMILES string of the molecule is Cc1ccc(CNC(=O)CSc2nnc(-c3nc(-c4ccc(F)cc4)no3)n2C)cc1. The van der Waals surface area contributed by atoms with Crippen LogP contribution in [0, 0.1) is 12.7 Å². The van der Waals surface area contributed by atoms with Gasteiger partial charge in [-0.2, -0.15) is 4.98 Å². The molecule has 0 aliphatic heterocycles. The highest BCUT2D eigenvalue weighted by Crippen LogP contribution is 2.24. The van der Waals surface area contributed by atoms with Gasteiger partial charge in [-0.3, -0.25) is 4.79 Å². The van der Waals surface area contributed by atoms with Crippen LogP contribution in [0.25, 0.3) is 23.1 Å². The standard InChI is InChI=1S/C21H19FN6O2S/c1-13-3-5-14(6-4-13)11-23-17(29)12-31-21-26-25-19(28(21)2)20-24-18(27-30-20)15-7-9-16(22)10-8-15/h3-10H,11-12H2,1-2H3,(H,23,29). The average molecular weight is 438 g/mol. The number of hydrogen-bond acceptors (Lipinski definition) is 7. The van der Waals surface area contributed by atoms with Crippen LogP contribution in [0.5, 0.6) is 0 Å². The van der Waals surface area contributed by atoms with Crippen LogP contribution in [0.15, 0.2) is 58.2 Å². The quantitative estimate of drug-likeness (QED) is 0.442. The first kappa shape index (κ1) is 20.7. The molecule has 0 saturated heterocycles. The molecule has 1 amide bonds. The zero-order valence-electron chi connectivity index (χ0n) is 16.9. The molecule has 2 aromatic heterocycles. The first-order valence-electron chi connectivity index (χ1n) is 9.44. The van der Waals surface area contributed by atoms with Gasteiger partial charge >= 0.3 is 0 Å². The van der Waals surface area contributed by atoms with Gasteiger partial charge < -0.3 is 14.4 Å². The van der Waals surface area contributed by atoms with Gasteiger partial charge in [-0.25, -0.2) is 4.39 Å². The maximum atomic E-state index is 13.1. The molecule has 4 rings (SSSR count). The molecule has 0 atom stereocenters. The first-order valence-corrected chi connectivity index (χ1v) is 10.4. The second-order valence-electron chi connectivity index (χ2n) is 6.85. The molecule has 0 fully saturated rings. The number of aryl methyl sites for hydroxylation is 1. The van der Waals surface area contributed by atoms with Gasteiger partial charge in [0, 0.05) is 19.2 Å². The van der Waals surface area contributed by atoms with Gasteiger partial charge in [0.05, 0.1) is 5.75 Å². The van der Waals surface area contributed by atoms with Crippen molar-refractivity contribution in [2.45, 2.75) is 18.6 Å². The van der Waals surface area contributed by atoms with Crippen LogP contribution < -0.4 is 5.32 Å². The van der Waals surface area contributed by atoms with Crippen LogP contribution in [-0.4, -0.2) is 36.6 Å². The molecule has 8 nitrogen and oxygen atoms in total. The van der Waals surface area contributed by atoms with E-state index < -0.39 is 0 Å². The Morgan fingerprint density at radius 2 is 1.87 bits per heavy atom. The Bertz CT molecular complexity index is 1190. The number of carbonyl (C=O) groups is 1. The minimum atomic E-state index is -0.342. The van der Waals surface area contributed by atoms with Crippen LogP contribution in [-0.2, 0) is 18.4 Å². The molecule has 2 heterocycles. The second-order valence-corrected chi connectivity index (χ2v) is 7.79. The van der Waals surface area contributed by atoms with Crippen molar-refractivity contribution in [1.82, 2.24) is 30.2 Å². The highest BCUT2D eigenvalue weighted by atomic mass is 32.2. The van der Waals surface area contributed by atoms with E-state index in [2.05, 4.69) is 25.7 Å². The molecular weight excluding hydrogens is 419 g/mol. The second kappa shape index (κ2) is 9.09. The molecule has 0 aliphatic carbocycles. The first-order chi connectivity index (χ1) is 15.0. The Morgan fingerprint density at radius 3 is 2.61 bits per heavy atom. The van der Waals surface area contributed by atoms with Crippen LogP contribution >= 0.6 is 11.8 Å². The number of nitrogens with one attached hydrogen (secondary N) is 1. The summed E-state index contributed by atoms with van der Waals surface area (Å²) in [5, 5.41) is 15.5. The topological polar surface area (TPSA) is 98.7 Å². The zero-order valence-corrected chi connectivity index (χ0v) is 17.7. The number of nitrogens with zero attached hydrogens (tertiary/aromatic N) is 5. The summed E-state index contributed by atoms with van der Waals surface area (Å²) < 4.78 is 20.1. The number of hydrogen-bond donors (Lipinski definition) is 1. The minimum absolute atomic E-state index is 0.105. The van der Waals surface area contributed by atoms with E-state index in [-0.39, 0.29) is 23.4 Å². The molecule has 158 valence electrons. The number of benzene rings is 2. The number of rotatable bonds is 7. The van der Waals surface area contributed by atoms with Gasteiger partial charge in [0.2, 0.25) is 17.6 Å². The Morgan fingerprint density at radius 1 is 1.13 bits per heavy atom. The van der Waals surface area contributed by atoms with Gasteiger partial charge in [-0.05, 0) is 36.8 Å². The van der Waals surface area contributed by atoms with E-state index in [1.807, 2.05) is 31.2 Å². The van der Waals surface area contributed by atoms with E-state index in [4.69, 9.17) is 4.52 Å². The largest absolute Gasteiger partial charge is 0.351 e.